The Morgan fingerprint density at radius 3 is 2.79 bits per heavy atom. The summed E-state index contributed by atoms with van der Waals surface area (Å²) in [6.07, 6.45) is 6.47. The summed E-state index contributed by atoms with van der Waals surface area (Å²) < 4.78 is 5.60. The molecule has 0 spiro atoms. The number of carbonyl (C=O) groups excluding carboxylic acids is 1. The molecule has 0 heterocycles. The monoisotopic (exact) mass is 260 g/mol. The molecule has 1 aliphatic rings. The van der Waals surface area contributed by atoms with Crippen LogP contribution in [0.15, 0.2) is 30.3 Å². The molecule has 0 saturated heterocycles. The molecule has 2 atom stereocenters. The Morgan fingerprint density at radius 1 is 1.26 bits per heavy atom. The van der Waals surface area contributed by atoms with Crippen LogP contribution in [0.25, 0.3) is 0 Å². The molecule has 2 nitrogen and oxygen atoms in total. The molecular formula is C17H24O2. The highest BCUT2D eigenvalue weighted by Gasteiger charge is 2.25. The second kappa shape index (κ2) is 7.32. The van der Waals surface area contributed by atoms with Gasteiger partial charge in [-0.15, -0.1) is 0 Å². The topological polar surface area (TPSA) is 26.3 Å². The zero-order valence-corrected chi connectivity index (χ0v) is 11.8. The lowest BCUT2D eigenvalue weighted by molar-refractivity contribution is -0.124. The van der Waals surface area contributed by atoms with E-state index in [9.17, 15) is 4.79 Å². The van der Waals surface area contributed by atoms with Crippen molar-refractivity contribution in [3.63, 3.8) is 0 Å². The second-order valence-electron chi connectivity index (χ2n) is 5.52. The molecule has 19 heavy (non-hydrogen) atoms. The van der Waals surface area contributed by atoms with Gasteiger partial charge in [0.1, 0.15) is 11.5 Å². The zero-order chi connectivity index (χ0) is 13.5. The maximum Gasteiger partial charge on any atom is 0.139 e. The first-order chi connectivity index (χ1) is 9.29. The van der Waals surface area contributed by atoms with Gasteiger partial charge in [0.05, 0.1) is 6.61 Å². The van der Waals surface area contributed by atoms with Crippen LogP contribution >= 0.6 is 0 Å². The molecule has 1 aliphatic carbocycles. The molecule has 0 aromatic heterocycles. The first kappa shape index (κ1) is 14.1. The summed E-state index contributed by atoms with van der Waals surface area (Å²) in [6, 6.07) is 9.72. The van der Waals surface area contributed by atoms with E-state index in [-0.39, 0.29) is 5.92 Å². The van der Waals surface area contributed by atoms with Gasteiger partial charge in [0, 0.05) is 12.3 Å². The average molecular weight is 260 g/mol. The Balaban J connectivity index is 1.72. The van der Waals surface area contributed by atoms with Gasteiger partial charge in [-0.3, -0.25) is 4.79 Å². The third-order valence-electron chi connectivity index (χ3n) is 4.18. The fraction of sp³-hybridized carbons (Fsp3) is 0.588. The smallest absolute Gasteiger partial charge is 0.139 e. The van der Waals surface area contributed by atoms with E-state index in [1.807, 2.05) is 30.3 Å². The maximum atomic E-state index is 12.2. The number of carbonyl (C=O) groups is 1. The van der Waals surface area contributed by atoms with Crippen LogP contribution in [0.4, 0.5) is 0 Å². The number of ketones is 1. The number of ether oxygens (including phenoxy) is 1. The van der Waals surface area contributed by atoms with E-state index < -0.39 is 0 Å². The van der Waals surface area contributed by atoms with Gasteiger partial charge < -0.3 is 4.74 Å². The first-order valence-electron chi connectivity index (χ1n) is 7.50. The summed E-state index contributed by atoms with van der Waals surface area (Å²) in [4.78, 5) is 12.2. The molecule has 0 N–H and O–H groups in total. The van der Waals surface area contributed by atoms with E-state index in [0.717, 1.165) is 24.5 Å². The standard InChI is InChI=1S/C17H24O2/c1-2-14-7-6-8-15(13-14)17(18)11-12-19-16-9-4-3-5-10-16/h3-5,9-10,14-15H,2,6-8,11-13H2,1H3. The number of para-hydroxylation sites is 1. The van der Waals surface area contributed by atoms with Crippen LogP contribution in [0.3, 0.4) is 0 Å². The minimum atomic E-state index is 0.290. The largest absolute Gasteiger partial charge is 0.493 e. The minimum Gasteiger partial charge on any atom is -0.493 e. The molecule has 1 fully saturated rings. The quantitative estimate of drug-likeness (QED) is 0.764. The fourth-order valence-corrected chi connectivity index (χ4v) is 2.94. The summed E-state index contributed by atoms with van der Waals surface area (Å²) >= 11 is 0. The molecule has 2 rings (SSSR count). The van der Waals surface area contributed by atoms with Crippen LogP contribution in [-0.4, -0.2) is 12.4 Å². The Labute approximate surface area is 116 Å². The summed E-state index contributed by atoms with van der Waals surface area (Å²) in [5.41, 5.74) is 0. The Kier molecular flexibility index (Phi) is 5.44. The molecule has 0 amide bonds. The lowest BCUT2D eigenvalue weighted by Crippen LogP contribution is -2.24. The molecule has 0 aliphatic heterocycles. The molecule has 0 bridgehead atoms. The van der Waals surface area contributed by atoms with Gasteiger partial charge in [0.15, 0.2) is 0 Å². The molecule has 0 radical (unpaired) electrons. The van der Waals surface area contributed by atoms with Crippen LogP contribution in [0.2, 0.25) is 0 Å². The van der Waals surface area contributed by atoms with Crippen molar-refractivity contribution in [2.24, 2.45) is 11.8 Å². The van der Waals surface area contributed by atoms with Crippen LogP contribution in [0, 0.1) is 11.8 Å². The number of Topliss-reactive ketones (excluding diaryl/α,β-unsaturated/α-hetero) is 1. The molecule has 1 aromatic carbocycles. The Bertz CT molecular complexity index is 386. The van der Waals surface area contributed by atoms with Crippen LogP contribution in [0.1, 0.15) is 45.4 Å². The molecule has 2 unspecified atom stereocenters. The van der Waals surface area contributed by atoms with E-state index in [1.165, 1.54) is 19.3 Å². The lowest BCUT2D eigenvalue weighted by atomic mass is 9.78. The maximum absolute atomic E-state index is 12.2. The molecule has 2 heteroatoms. The molecule has 1 saturated carbocycles. The Morgan fingerprint density at radius 2 is 2.05 bits per heavy atom. The minimum absolute atomic E-state index is 0.290. The highest BCUT2D eigenvalue weighted by Crippen LogP contribution is 2.32. The summed E-state index contributed by atoms with van der Waals surface area (Å²) in [6.45, 7) is 2.74. The first-order valence-corrected chi connectivity index (χ1v) is 7.50. The Hall–Kier alpha value is -1.31. The molecular weight excluding hydrogens is 236 g/mol. The van der Waals surface area contributed by atoms with Gasteiger partial charge in [-0.2, -0.15) is 0 Å². The van der Waals surface area contributed by atoms with Crippen LogP contribution < -0.4 is 4.74 Å². The molecule has 104 valence electrons. The van der Waals surface area contributed by atoms with Gasteiger partial charge in [0.2, 0.25) is 0 Å². The third kappa shape index (κ3) is 4.38. The van der Waals surface area contributed by atoms with Gasteiger partial charge in [-0.25, -0.2) is 0 Å². The van der Waals surface area contributed by atoms with Gasteiger partial charge >= 0.3 is 0 Å². The number of rotatable bonds is 6. The predicted octanol–water partition coefficient (Wildman–Crippen LogP) is 4.24. The van der Waals surface area contributed by atoms with Gasteiger partial charge in [-0.1, -0.05) is 44.4 Å². The van der Waals surface area contributed by atoms with Crippen LogP contribution in [0.5, 0.6) is 5.75 Å². The van der Waals surface area contributed by atoms with Gasteiger partial charge in [-0.05, 0) is 30.9 Å². The van der Waals surface area contributed by atoms with Crippen molar-refractivity contribution in [3.8, 4) is 5.75 Å². The van der Waals surface area contributed by atoms with E-state index in [4.69, 9.17) is 4.74 Å². The fourth-order valence-electron chi connectivity index (χ4n) is 2.94. The number of hydrogen-bond donors (Lipinski definition) is 0. The number of hydrogen-bond acceptors (Lipinski definition) is 2. The summed E-state index contributed by atoms with van der Waals surface area (Å²) in [7, 11) is 0. The van der Waals surface area contributed by atoms with Gasteiger partial charge in [0.25, 0.3) is 0 Å². The highest BCUT2D eigenvalue weighted by molar-refractivity contribution is 5.81. The van der Waals surface area contributed by atoms with E-state index in [0.29, 0.717) is 18.8 Å². The van der Waals surface area contributed by atoms with Crippen molar-refractivity contribution in [3.05, 3.63) is 30.3 Å². The average Bonchev–Trinajstić information content (AvgIpc) is 2.48. The second-order valence-corrected chi connectivity index (χ2v) is 5.52. The van der Waals surface area contributed by atoms with Crippen molar-refractivity contribution >= 4 is 5.78 Å². The summed E-state index contributed by atoms with van der Waals surface area (Å²) in [5.74, 6) is 2.30. The predicted molar refractivity (Wildman–Crippen MR) is 77.3 cm³/mol. The van der Waals surface area contributed by atoms with E-state index in [2.05, 4.69) is 6.92 Å². The van der Waals surface area contributed by atoms with Crippen LogP contribution in [-0.2, 0) is 4.79 Å². The summed E-state index contributed by atoms with van der Waals surface area (Å²) in [5, 5.41) is 0. The lowest BCUT2D eigenvalue weighted by Gasteiger charge is -2.27. The van der Waals surface area contributed by atoms with Crippen molar-refractivity contribution < 1.29 is 9.53 Å². The van der Waals surface area contributed by atoms with Crippen molar-refractivity contribution in [2.45, 2.75) is 45.4 Å². The molecule has 1 aromatic rings. The van der Waals surface area contributed by atoms with Crippen molar-refractivity contribution in [2.75, 3.05) is 6.61 Å². The highest BCUT2D eigenvalue weighted by atomic mass is 16.5. The van der Waals surface area contributed by atoms with E-state index in [1.54, 1.807) is 0 Å². The van der Waals surface area contributed by atoms with Crippen molar-refractivity contribution in [1.82, 2.24) is 0 Å². The van der Waals surface area contributed by atoms with E-state index >= 15 is 0 Å². The van der Waals surface area contributed by atoms with Crippen molar-refractivity contribution in [1.29, 1.82) is 0 Å². The number of benzene rings is 1. The zero-order valence-electron chi connectivity index (χ0n) is 11.8. The SMILES string of the molecule is CCC1CCCC(C(=O)CCOc2ccccc2)C1. The third-order valence-corrected chi connectivity index (χ3v) is 4.18. The normalized spacial score (nSPS) is 23.0.